The molecule has 1 heterocycles. The summed E-state index contributed by atoms with van der Waals surface area (Å²) in [6.07, 6.45) is 1.55. The summed E-state index contributed by atoms with van der Waals surface area (Å²) in [5.74, 6) is -0.696. The molecule has 1 aromatic heterocycles. The summed E-state index contributed by atoms with van der Waals surface area (Å²) < 4.78 is 2.64. The van der Waals surface area contributed by atoms with Crippen molar-refractivity contribution in [2.45, 2.75) is 6.54 Å². The van der Waals surface area contributed by atoms with Crippen LogP contribution in [0.1, 0.15) is 26.3 Å². The standard InChI is InChI=1S/C17H14BrN5O2/c18-14-7-1-11(2-8-14)9-23-10-20-17(22-23)21-16(25)13-5-3-12(4-6-13)15(19)24/h1-8,10H,9H2,(H2,19,24)(H,21,22,25). The van der Waals surface area contributed by atoms with E-state index in [-0.39, 0.29) is 11.9 Å². The number of hydrogen-bond acceptors (Lipinski definition) is 4. The second-order valence-corrected chi connectivity index (χ2v) is 6.20. The number of rotatable bonds is 5. The first-order valence-electron chi connectivity index (χ1n) is 7.36. The van der Waals surface area contributed by atoms with Crippen molar-refractivity contribution in [3.05, 3.63) is 76.0 Å². The van der Waals surface area contributed by atoms with Gasteiger partial charge in [0, 0.05) is 15.6 Å². The average molecular weight is 400 g/mol. The maximum absolute atomic E-state index is 12.2. The number of anilines is 1. The number of aromatic nitrogens is 3. The number of carbonyl (C=O) groups excluding carboxylic acids is 2. The molecule has 2 aromatic carbocycles. The molecule has 2 amide bonds. The zero-order valence-electron chi connectivity index (χ0n) is 13.0. The Hall–Kier alpha value is -3.00. The molecule has 3 N–H and O–H groups in total. The Morgan fingerprint density at radius 2 is 1.68 bits per heavy atom. The first kappa shape index (κ1) is 16.8. The van der Waals surface area contributed by atoms with E-state index in [1.807, 2.05) is 24.3 Å². The van der Waals surface area contributed by atoms with Gasteiger partial charge in [-0.15, -0.1) is 5.10 Å². The number of nitrogens with two attached hydrogens (primary N) is 1. The Bertz CT molecular complexity index is 904. The summed E-state index contributed by atoms with van der Waals surface area (Å²) in [6.45, 7) is 0.545. The van der Waals surface area contributed by atoms with Crippen LogP contribution in [-0.2, 0) is 6.54 Å². The second-order valence-electron chi connectivity index (χ2n) is 5.29. The molecule has 126 valence electrons. The van der Waals surface area contributed by atoms with Gasteiger partial charge < -0.3 is 5.73 Å². The van der Waals surface area contributed by atoms with E-state index in [0.717, 1.165) is 10.0 Å². The number of nitrogens with zero attached hydrogens (tertiary/aromatic N) is 3. The average Bonchev–Trinajstić information content (AvgIpc) is 3.04. The van der Waals surface area contributed by atoms with Gasteiger partial charge in [-0.05, 0) is 42.0 Å². The normalized spacial score (nSPS) is 10.4. The highest BCUT2D eigenvalue weighted by molar-refractivity contribution is 9.10. The lowest BCUT2D eigenvalue weighted by atomic mass is 10.1. The van der Waals surface area contributed by atoms with Crippen molar-refractivity contribution in [3.63, 3.8) is 0 Å². The van der Waals surface area contributed by atoms with E-state index < -0.39 is 5.91 Å². The molecule has 7 nitrogen and oxygen atoms in total. The maximum Gasteiger partial charge on any atom is 0.258 e. The predicted molar refractivity (Wildman–Crippen MR) is 96.2 cm³/mol. The molecule has 3 rings (SSSR count). The van der Waals surface area contributed by atoms with Crippen LogP contribution in [0.25, 0.3) is 0 Å². The summed E-state index contributed by atoms with van der Waals surface area (Å²) in [5.41, 5.74) is 6.96. The first-order chi connectivity index (χ1) is 12.0. The van der Waals surface area contributed by atoms with E-state index in [1.54, 1.807) is 11.0 Å². The number of hydrogen-bond donors (Lipinski definition) is 2. The lowest BCUT2D eigenvalue weighted by Gasteiger charge is -2.03. The van der Waals surface area contributed by atoms with E-state index in [2.05, 4.69) is 31.3 Å². The van der Waals surface area contributed by atoms with Crippen molar-refractivity contribution in [1.82, 2.24) is 14.8 Å². The molecule has 3 aromatic rings. The van der Waals surface area contributed by atoms with Crippen LogP contribution in [0, 0.1) is 0 Å². The van der Waals surface area contributed by atoms with Crippen LogP contribution < -0.4 is 11.1 Å². The van der Waals surface area contributed by atoms with Crippen LogP contribution >= 0.6 is 15.9 Å². The predicted octanol–water partition coefficient (Wildman–Crippen LogP) is 2.44. The van der Waals surface area contributed by atoms with E-state index in [0.29, 0.717) is 17.7 Å². The largest absolute Gasteiger partial charge is 0.366 e. The van der Waals surface area contributed by atoms with Gasteiger partial charge in [-0.2, -0.15) is 0 Å². The molecule has 0 saturated heterocycles. The molecule has 8 heteroatoms. The Labute approximate surface area is 152 Å². The number of halogens is 1. The van der Waals surface area contributed by atoms with Gasteiger partial charge in [-0.3, -0.25) is 14.9 Å². The summed E-state index contributed by atoms with van der Waals surface area (Å²) >= 11 is 3.39. The van der Waals surface area contributed by atoms with Gasteiger partial charge in [0.1, 0.15) is 6.33 Å². The summed E-state index contributed by atoms with van der Waals surface area (Å²) in [6, 6.07) is 13.9. The van der Waals surface area contributed by atoms with Crippen LogP contribution in [-0.4, -0.2) is 26.6 Å². The fraction of sp³-hybridized carbons (Fsp3) is 0.0588. The molecule has 0 aliphatic rings. The van der Waals surface area contributed by atoms with Crippen molar-refractivity contribution in [3.8, 4) is 0 Å². The molecule has 0 aliphatic carbocycles. The highest BCUT2D eigenvalue weighted by atomic mass is 79.9. The van der Waals surface area contributed by atoms with Crippen LogP contribution in [0.5, 0.6) is 0 Å². The lowest BCUT2D eigenvalue weighted by molar-refractivity contribution is 0.0995. The first-order valence-corrected chi connectivity index (χ1v) is 8.16. The van der Waals surface area contributed by atoms with E-state index in [4.69, 9.17) is 5.73 Å². The molecule has 0 fully saturated rings. The Kier molecular flexibility index (Phi) is 4.90. The van der Waals surface area contributed by atoms with Crippen LogP contribution in [0.3, 0.4) is 0 Å². The fourth-order valence-corrected chi connectivity index (χ4v) is 2.43. The van der Waals surface area contributed by atoms with Crippen molar-refractivity contribution in [1.29, 1.82) is 0 Å². The fourth-order valence-electron chi connectivity index (χ4n) is 2.16. The van der Waals surface area contributed by atoms with Gasteiger partial charge in [0.15, 0.2) is 0 Å². The number of nitrogens with one attached hydrogen (secondary N) is 1. The molecule has 25 heavy (non-hydrogen) atoms. The van der Waals surface area contributed by atoms with Gasteiger partial charge in [0.2, 0.25) is 11.9 Å². The monoisotopic (exact) mass is 399 g/mol. The minimum Gasteiger partial charge on any atom is -0.366 e. The lowest BCUT2D eigenvalue weighted by Crippen LogP contribution is -2.15. The Balaban J connectivity index is 1.65. The number of carbonyl (C=O) groups is 2. The molecule has 0 unspecified atom stereocenters. The molecule has 0 aliphatic heterocycles. The summed E-state index contributed by atoms with van der Waals surface area (Å²) in [4.78, 5) is 27.3. The molecule has 0 bridgehead atoms. The highest BCUT2D eigenvalue weighted by Gasteiger charge is 2.10. The van der Waals surface area contributed by atoms with Crippen molar-refractivity contribution < 1.29 is 9.59 Å². The van der Waals surface area contributed by atoms with E-state index >= 15 is 0 Å². The zero-order chi connectivity index (χ0) is 17.8. The highest BCUT2D eigenvalue weighted by Crippen LogP contribution is 2.12. The SMILES string of the molecule is NC(=O)c1ccc(C(=O)Nc2ncn(Cc3ccc(Br)cc3)n2)cc1. The molecule has 0 spiro atoms. The Morgan fingerprint density at radius 3 is 2.32 bits per heavy atom. The Morgan fingerprint density at radius 1 is 1.04 bits per heavy atom. The second kappa shape index (κ2) is 7.27. The van der Waals surface area contributed by atoms with Crippen LogP contribution in [0.4, 0.5) is 5.95 Å². The smallest absolute Gasteiger partial charge is 0.258 e. The molecule has 0 radical (unpaired) electrons. The third kappa shape index (κ3) is 4.30. The zero-order valence-corrected chi connectivity index (χ0v) is 14.6. The molecule has 0 saturated carbocycles. The summed E-state index contributed by atoms with van der Waals surface area (Å²) in [7, 11) is 0. The topological polar surface area (TPSA) is 103 Å². The van der Waals surface area contributed by atoms with Crippen LogP contribution in [0.2, 0.25) is 0 Å². The number of benzene rings is 2. The van der Waals surface area contributed by atoms with Gasteiger partial charge in [-0.1, -0.05) is 28.1 Å². The third-order valence-corrected chi connectivity index (χ3v) is 3.98. The minimum absolute atomic E-state index is 0.209. The number of amides is 2. The van der Waals surface area contributed by atoms with Gasteiger partial charge in [-0.25, -0.2) is 9.67 Å². The molecule has 0 atom stereocenters. The van der Waals surface area contributed by atoms with E-state index in [1.165, 1.54) is 24.3 Å². The van der Waals surface area contributed by atoms with Gasteiger partial charge in [0.25, 0.3) is 5.91 Å². The molecular formula is C17H14BrN5O2. The molecular weight excluding hydrogens is 386 g/mol. The maximum atomic E-state index is 12.2. The van der Waals surface area contributed by atoms with Crippen molar-refractivity contribution in [2.24, 2.45) is 5.73 Å². The minimum atomic E-state index is -0.541. The van der Waals surface area contributed by atoms with E-state index in [9.17, 15) is 9.59 Å². The quantitative estimate of drug-likeness (QED) is 0.687. The summed E-state index contributed by atoms with van der Waals surface area (Å²) in [5, 5.41) is 6.84. The van der Waals surface area contributed by atoms with Gasteiger partial charge in [0.05, 0.1) is 6.54 Å². The number of primary amides is 1. The van der Waals surface area contributed by atoms with Crippen molar-refractivity contribution in [2.75, 3.05) is 5.32 Å². The van der Waals surface area contributed by atoms with Crippen LogP contribution in [0.15, 0.2) is 59.3 Å². The van der Waals surface area contributed by atoms with Gasteiger partial charge >= 0.3 is 0 Å². The third-order valence-electron chi connectivity index (χ3n) is 3.45. The van der Waals surface area contributed by atoms with Crippen molar-refractivity contribution >= 4 is 33.7 Å².